The molecule has 2 aromatic carbocycles. The first-order valence-corrected chi connectivity index (χ1v) is 11.9. The first-order valence-electron chi connectivity index (χ1n) is 9.23. The molecular weight excluding hydrogens is 430 g/mol. The summed E-state index contributed by atoms with van der Waals surface area (Å²) < 4.78 is 28.5. The Bertz CT molecular complexity index is 1110. The van der Waals surface area contributed by atoms with E-state index >= 15 is 0 Å². The Kier molecular flexibility index (Phi) is 5.61. The summed E-state index contributed by atoms with van der Waals surface area (Å²) in [7, 11) is -2.07. The van der Waals surface area contributed by atoms with Crippen LogP contribution in [0.3, 0.4) is 0 Å². The molecule has 6 nitrogen and oxygen atoms in total. The molecule has 1 atom stereocenters. The van der Waals surface area contributed by atoms with Crippen molar-refractivity contribution in [2.45, 2.75) is 30.3 Å². The molecule has 3 aromatic rings. The molecule has 1 saturated heterocycles. The number of amides is 1. The van der Waals surface area contributed by atoms with E-state index in [1.165, 1.54) is 16.4 Å². The van der Waals surface area contributed by atoms with E-state index in [1.807, 2.05) is 24.3 Å². The van der Waals surface area contributed by atoms with Gasteiger partial charge in [-0.05, 0) is 49.2 Å². The Morgan fingerprint density at radius 2 is 1.97 bits per heavy atom. The highest BCUT2D eigenvalue weighted by Crippen LogP contribution is 2.29. The summed E-state index contributed by atoms with van der Waals surface area (Å²) in [5.41, 5.74) is 0.904. The highest BCUT2D eigenvalue weighted by molar-refractivity contribution is 7.89. The Hall–Kier alpha value is -2.00. The molecule has 152 valence electrons. The molecule has 0 aliphatic carbocycles. The standard InChI is InChI=1S/C20H20ClN3O3S2/c1-23(13-19-22-16-5-2-3-7-18(16)28-19)20(25)17-6-4-12-24(17)29(26,27)15-10-8-14(21)9-11-15/h2-3,5,7-11,17H,4,6,12-13H2,1H3/t17-/m1/s1. The summed E-state index contributed by atoms with van der Waals surface area (Å²) >= 11 is 7.42. The number of hydrogen-bond donors (Lipinski definition) is 0. The van der Waals surface area contributed by atoms with Gasteiger partial charge in [0.05, 0.1) is 21.7 Å². The molecule has 0 spiro atoms. The summed E-state index contributed by atoms with van der Waals surface area (Å²) in [6, 6.07) is 13.2. The average molecular weight is 450 g/mol. The number of sulfonamides is 1. The van der Waals surface area contributed by atoms with Crippen LogP contribution in [0, 0.1) is 0 Å². The largest absolute Gasteiger partial charge is 0.338 e. The van der Waals surface area contributed by atoms with Crippen LogP contribution in [-0.4, -0.2) is 48.1 Å². The zero-order valence-corrected chi connectivity index (χ0v) is 18.2. The lowest BCUT2D eigenvalue weighted by Gasteiger charge is -2.27. The number of likely N-dealkylation sites (N-methyl/N-ethyl adjacent to an activating group) is 1. The highest BCUT2D eigenvalue weighted by atomic mass is 35.5. The number of aromatic nitrogens is 1. The number of fused-ring (bicyclic) bond motifs is 1. The van der Waals surface area contributed by atoms with Crippen LogP contribution in [0.15, 0.2) is 53.4 Å². The highest BCUT2D eigenvalue weighted by Gasteiger charge is 2.40. The normalized spacial score (nSPS) is 17.7. The van der Waals surface area contributed by atoms with Crippen LogP contribution in [0.2, 0.25) is 5.02 Å². The minimum Gasteiger partial charge on any atom is -0.338 e. The van der Waals surface area contributed by atoms with Crippen molar-refractivity contribution >= 4 is 49.1 Å². The monoisotopic (exact) mass is 449 g/mol. The van der Waals surface area contributed by atoms with Gasteiger partial charge in [0.1, 0.15) is 11.0 Å². The van der Waals surface area contributed by atoms with Crippen LogP contribution in [0.25, 0.3) is 10.2 Å². The van der Waals surface area contributed by atoms with Gasteiger partial charge in [-0.1, -0.05) is 23.7 Å². The molecule has 1 amide bonds. The van der Waals surface area contributed by atoms with E-state index in [0.717, 1.165) is 15.2 Å². The van der Waals surface area contributed by atoms with Crippen molar-refractivity contribution in [2.75, 3.05) is 13.6 Å². The van der Waals surface area contributed by atoms with Gasteiger partial charge in [0.25, 0.3) is 0 Å². The molecule has 2 heterocycles. The third kappa shape index (κ3) is 4.02. The molecule has 0 saturated carbocycles. The minimum atomic E-state index is -3.76. The summed E-state index contributed by atoms with van der Waals surface area (Å²) in [5.74, 6) is -0.209. The fourth-order valence-electron chi connectivity index (χ4n) is 3.54. The summed E-state index contributed by atoms with van der Waals surface area (Å²) in [6.45, 7) is 0.680. The van der Waals surface area contributed by atoms with Crippen LogP contribution in [0.4, 0.5) is 0 Å². The van der Waals surface area contributed by atoms with Gasteiger partial charge in [0.15, 0.2) is 0 Å². The van der Waals surface area contributed by atoms with Crippen molar-refractivity contribution in [3.8, 4) is 0 Å². The number of hydrogen-bond acceptors (Lipinski definition) is 5. The second-order valence-corrected chi connectivity index (χ2v) is 10.4. The van der Waals surface area contributed by atoms with E-state index < -0.39 is 16.1 Å². The lowest BCUT2D eigenvalue weighted by molar-refractivity contribution is -0.133. The predicted molar refractivity (Wildman–Crippen MR) is 114 cm³/mol. The third-order valence-corrected chi connectivity index (χ3v) is 8.19. The van der Waals surface area contributed by atoms with Crippen molar-refractivity contribution in [2.24, 2.45) is 0 Å². The van der Waals surface area contributed by atoms with E-state index in [2.05, 4.69) is 4.98 Å². The topological polar surface area (TPSA) is 70.6 Å². The maximum atomic E-state index is 13.1. The molecule has 1 aromatic heterocycles. The number of carbonyl (C=O) groups is 1. The Labute approximate surface area is 178 Å². The number of halogens is 1. The van der Waals surface area contributed by atoms with Crippen LogP contribution < -0.4 is 0 Å². The Morgan fingerprint density at radius 3 is 2.69 bits per heavy atom. The Morgan fingerprint density at radius 1 is 1.24 bits per heavy atom. The number of rotatable bonds is 5. The average Bonchev–Trinajstić information content (AvgIpc) is 3.34. The van der Waals surface area contributed by atoms with E-state index in [0.29, 0.717) is 31.0 Å². The van der Waals surface area contributed by atoms with Crippen LogP contribution in [0.5, 0.6) is 0 Å². The molecule has 1 aliphatic heterocycles. The molecule has 0 bridgehead atoms. The second-order valence-electron chi connectivity index (χ2n) is 7.00. The Balaban J connectivity index is 1.52. The van der Waals surface area contributed by atoms with E-state index in [4.69, 9.17) is 11.6 Å². The quantitative estimate of drug-likeness (QED) is 0.594. The van der Waals surface area contributed by atoms with Gasteiger partial charge < -0.3 is 4.90 Å². The SMILES string of the molecule is CN(Cc1nc2ccccc2s1)C(=O)[C@H]1CCCN1S(=O)(=O)c1ccc(Cl)cc1. The van der Waals surface area contributed by atoms with Gasteiger partial charge in [-0.2, -0.15) is 4.31 Å². The van der Waals surface area contributed by atoms with Gasteiger partial charge in [0.2, 0.25) is 15.9 Å². The molecule has 29 heavy (non-hydrogen) atoms. The molecule has 1 aliphatic rings. The maximum absolute atomic E-state index is 13.1. The van der Waals surface area contributed by atoms with Gasteiger partial charge in [-0.3, -0.25) is 4.79 Å². The van der Waals surface area contributed by atoms with Crippen molar-refractivity contribution in [3.05, 3.63) is 58.6 Å². The lowest BCUT2D eigenvalue weighted by atomic mass is 10.2. The van der Waals surface area contributed by atoms with Gasteiger partial charge in [-0.25, -0.2) is 13.4 Å². The predicted octanol–water partition coefficient (Wildman–Crippen LogP) is 3.76. The minimum absolute atomic E-state index is 0.149. The third-order valence-electron chi connectivity index (χ3n) is 5.00. The van der Waals surface area contributed by atoms with Crippen LogP contribution >= 0.6 is 22.9 Å². The van der Waals surface area contributed by atoms with E-state index in [-0.39, 0.29) is 10.8 Å². The fraction of sp³-hybridized carbons (Fsp3) is 0.300. The van der Waals surface area contributed by atoms with Crippen LogP contribution in [0.1, 0.15) is 17.8 Å². The summed E-state index contributed by atoms with van der Waals surface area (Å²) in [5, 5.41) is 1.29. The molecule has 4 rings (SSSR count). The second kappa shape index (κ2) is 8.02. The zero-order chi connectivity index (χ0) is 20.6. The first kappa shape index (κ1) is 20.3. The smallest absolute Gasteiger partial charge is 0.243 e. The van der Waals surface area contributed by atoms with E-state index in [9.17, 15) is 13.2 Å². The summed E-state index contributed by atoms with van der Waals surface area (Å²) in [4.78, 5) is 19.4. The first-order chi connectivity index (χ1) is 13.9. The van der Waals surface area contributed by atoms with Crippen molar-refractivity contribution in [1.82, 2.24) is 14.2 Å². The fourth-order valence-corrected chi connectivity index (χ4v) is 6.34. The number of benzene rings is 2. The number of carbonyl (C=O) groups excluding carboxylic acids is 1. The van der Waals surface area contributed by atoms with Gasteiger partial charge in [-0.15, -0.1) is 11.3 Å². The van der Waals surface area contributed by atoms with E-state index in [1.54, 1.807) is 35.4 Å². The number of thiazole rings is 1. The van der Waals surface area contributed by atoms with Crippen molar-refractivity contribution in [1.29, 1.82) is 0 Å². The number of para-hydroxylation sites is 1. The number of nitrogens with zero attached hydrogens (tertiary/aromatic N) is 3. The maximum Gasteiger partial charge on any atom is 0.243 e. The molecule has 0 unspecified atom stereocenters. The van der Waals surface area contributed by atoms with Gasteiger partial charge in [0, 0.05) is 18.6 Å². The van der Waals surface area contributed by atoms with Crippen LogP contribution in [-0.2, 0) is 21.4 Å². The molecule has 9 heteroatoms. The van der Waals surface area contributed by atoms with Gasteiger partial charge >= 0.3 is 0 Å². The molecule has 1 fully saturated rings. The molecule has 0 radical (unpaired) electrons. The van der Waals surface area contributed by atoms with Crippen molar-refractivity contribution < 1.29 is 13.2 Å². The van der Waals surface area contributed by atoms with Crippen molar-refractivity contribution in [3.63, 3.8) is 0 Å². The lowest BCUT2D eigenvalue weighted by Crippen LogP contribution is -2.46. The zero-order valence-electron chi connectivity index (χ0n) is 15.8. The molecular formula is C20H20ClN3O3S2. The summed E-state index contributed by atoms with van der Waals surface area (Å²) in [6.07, 6.45) is 1.16. The molecule has 0 N–H and O–H groups in total.